The van der Waals surface area contributed by atoms with Crippen LogP contribution in [0.4, 0.5) is 0 Å². The molecule has 0 aliphatic heterocycles. The zero-order valence-electron chi connectivity index (χ0n) is 18.8. The maximum Gasteiger partial charge on any atom is 0.261 e. The minimum absolute atomic E-state index is 0.711. The summed E-state index contributed by atoms with van der Waals surface area (Å²) in [4.78, 5) is 0. The van der Waals surface area contributed by atoms with Crippen molar-refractivity contribution in [2.45, 2.75) is 6.92 Å². The Labute approximate surface area is 186 Å². The average molecular weight is 461 g/mol. The zero-order valence-corrected chi connectivity index (χ0v) is 19.6. The molecule has 4 aromatic rings. The van der Waals surface area contributed by atoms with Crippen molar-refractivity contribution in [2.75, 3.05) is 34.7 Å². The van der Waals surface area contributed by atoms with Gasteiger partial charge in [0.15, 0.2) is 34.9 Å². The highest BCUT2D eigenvalue weighted by Crippen LogP contribution is 2.36. The fourth-order valence-corrected chi connectivity index (χ4v) is 3.66. The van der Waals surface area contributed by atoms with Gasteiger partial charge in [-0.15, -0.1) is 0 Å². The van der Waals surface area contributed by atoms with E-state index in [0.717, 1.165) is 44.3 Å². The zero-order chi connectivity index (χ0) is 23.6. The molecular formula is C23H26NO7S+. The number of pyridine rings is 2. The van der Waals surface area contributed by atoms with Gasteiger partial charge in [-0.1, -0.05) is 0 Å². The minimum Gasteiger partial charge on any atom is -0.493 e. The Bertz CT molecular complexity index is 1410. The number of fused-ring (bicyclic) bond motifs is 4. The molecule has 2 aromatic carbocycles. The highest BCUT2D eigenvalue weighted by atomic mass is 32.2. The van der Waals surface area contributed by atoms with Crippen LogP contribution in [-0.4, -0.2) is 47.7 Å². The molecule has 4 rings (SSSR count). The molecule has 0 bridgehead atoms. The van der Waals surface area contributed by atoms with Gasteiger partial charge in [-0.25, -0.2) is 0 Å². The first-order valence-corrected chi connectivity index (χ1v) is 11.4. The second-order valence-electron chi connectivity index (χ2n) is 7.12. The van der Waals surface area contributed by atoms with Gasteiger partial charge in [0, 0.05) is 19.1 Å². The molecule has 0 saturated heterocycles. The highest BCUT2D eigenvalue weighted by Gasteiger charge is 2.19. The largest absolute Gasteiger partial charge is 0.493 e. The van der Waals surface area contributed by atoms with Crippen molar-refractivity contribution in [3.8, 4) is 23.0 Å². The lowest BCUT2D eigenvalue weighted by Gasteiger charge is -2.11. The van der Waals surface area contributed by atoms with Crippen LogP contribution in [0.5, 0.6) is 23.0 Å². The first-order chi connectivity index (χ1) is 15.1. The normalized spacial score (nSPS) is 11.2. The molecule has 0 amide bonds. The lowest BCUT2D eigenvalue weighted by Crippen LogP contribution is -2.25. The predicted molar refractivity (Wildman–Crippen MR) is 123 cm³/mol. The van der Waals surface area contributed by atoms with Gasteiger partial charge < -0.3 is 18.9 Å². The van der Waals surface area contributed by atoms with E-state index in [0.29, 0.717) is 17.8 Å². The molecule has 2 heterocycles. The van der Waals surface area contributed by atoms with Gasteiger partial charge in [-0.05, 0) is 35.0 Å². The maximum atomic E-state index is 9.19. The average Bonchev–Trinajstić information content (AvgIpc) is 2.76. The smallest absolute Gasteiger partial charge is 0.261 e. The SMILES string of the molecule is COc1cc2cc3c4cc(OC)c(OC)cc4cc[n+]3c(C)c2cc1OC.CS(=O)(=O)O. The molecule has 32 heavy (non-hydrogen) atoms. The summed E-state index contributed by atoms with van der Waals surface area (Å²) in [7, 11) is 2.94. The molecule has 0 aliphatic carbocycles. The summed E-state index contributed by atoms with van der Waals surface area (Å²) in [5.74, 6) is 2.87. The number of aromatic nitrogens is 1. The molecule has 1 N–H and O–H groups in total. The van der Waals surface area contributed by atoms with E-state index in [1.807, 2.05) is 24.3 Å². The van der Waals surface area contributed by atoms with Gasteiger partial charge in [0.05, 0.1) is 45.5 Å². The van der Waals surface area contributed by atoms with Crippen molar-refractivity contribution in [2.24, 2.45) is 0 Å². The Kier molecular flexibility index (Phi) is 6.61. The van der Waals surface area contributed by atoms with Crippen LogP contribution in [-0.2, 0) is 10.1 Å². The summed E-state index contributed by atoms with van der Waals surface area (Å²) in [6.45, 7) is 2.10. The summed E-state index contributed by atoms with van der Waals surface area (Å²) in [5, 5.41) is 4.39. The van der Waals surface area contributed by atoms with Crippen LogP contribution >= 0.6 is 0 Å². The second-order valence-corrected chi connectivity index (χ2v) is 8.59. The van der Waals surface area contributed by atoms with Gasteiger partial charge in [0.2, 0.25) is 5.52 Å². The minimum atomic E-state index is -3.67. The third-order valence-electron chi connectivity index (χ3n) is 5.09. The van der Waals surface area contributed by atoms with Gasteiger partial charge in [0.1, 0.15) is 0 Å². The number of methoxy groups -OCH3 is 4. The highest BCUT2D eigenvalue weighted by molar-refractivity contribution is 7.85. The van der Waals surface area contributed by atoms with Crippen LogP contribution in [0.1, 0.15) is 5.69 Å². The molecule has 170 valence electrons. The Balaban J connectivity index is 0.000000523. The number of rotatable bonds is 4. The molecule has 8 nitrogen and oxygen atoms in total. The van der Waals surface area contributed by atoms with Gasteiger partial charge >= 0.3 is 0 Å². The molecule has 0 atom stereocenters. The third-order valence-corrected chi connectivity index (χ3v) is 5.09. The molecular weight excluding hydrogens is 434 g/mol. The summed E-state index contributed by atoms with van der Waals surface area (Å²) in [6, 6.07) is 12.3. The quantitative estimate of drug-likeness (QED) is 0.215. The monoisotopic (exact) mass is 460 g/mol. The Morgan fingerprint density at radius 3 is 1.69 bits per heavy atom. The number of hydrogen-bond donors (Lipinski definition) is 1. The summed E-state index contributed by atoms with van der Waals surface area (Å²) >= 11 is 0. The topological polar surface area (TPSA) is 95.4 Å². The first-order valence-electron chi connectivity index (χ1n) is 9.59. The molecule has 0 aliphatic rings. The molecule has 0 spiro atoms. The standard InChI is InChI=1S/C22H22NO4.CH4O3S/c1-13-16-11-21(26-4)20(25-3)10-15(16)8-18-17-12-22(27-5)19(24-2)9-14(17)6-7-23(13)18;1-5(2,3)4/h6-12H,1-5H3;1H3,(H,2,3,4)/q+1;. The van der Waals surface area contributed by atoms with Crippen LogP contribution in [0.25, 0.3) is 27.1 Å². The van der Waals surface area contributed by atoms with Crippen LogP contribution < -0.4 is 23.3 Å². The van der Waals surface area contributed by atoms with E-state index in [9.17, 15) is 8.42 Å². The van der Waals surface area contributed by atoms with E-state index in [-0.39, 0.29) is 0 Å². The molecule has 2 aromatic heterocycles. The van der Waals surface area contributed by atoms with E-state index in [4.69, 9.17) is 23.5 Å². The number of aryl methyl sites for hydroxylation is 1. The number of ether oxygens (including phenoxy) is 4. The van der Waals surface area contributed by atoms with E-state index in [1.165, 1.54) is 0 Å². The fourth-order valence-electron chi connectivity index (χ4n) is 3.66. The first kappa shape index (κ1) is 23.4. The predicted octanol–water partition coefficient (Wildman–Crippen LogP) is 3.58. The van der Waals surface area contributed by atoms with Crippen LogP contribution in [0, 0.1) is 6.92 Å². The van der Waals surface area contributed by atoms with Gasteiger partial charge in [0.25, 0.3) is 10.1 Å². The van der Waals surface area contributed by atoms with E-state index in [2.05, 4.69) is 29.7 Å². The number of hydrogen-bond acceptors (Lipinski definition) is 6. The molecule has 9 heteroatoms. The van der Waals surface area contributed by atoms with Crippen molar-refractivity contribution in [3.05, 3.63) is 48.3 Å². The molecule has 0 unspecified atom stereocenters. The van der Waals surface area contributed by atoms with Crippen molar-refractivity contribution >= 4 is 37.2 Å². The molecule has 0 radical (unpaired) electrons. The third kappa shape index (κ3) is 4.63. The van der Waals surface area contributed by atoms with Gasteiger partial charge in [-0.2, -0.15) is 12.8 Å². The van der Waals surface area contributed by atoms with Crippen molar-refractivity contribution in [1.82, 2.24) is 0 Å². The van der Waals surface area contributed by atoms with Crippen molar-refractivity contribution < 1.29 is 36.3 Å². The van der Waals surface area contributed by atoms with Crippen molar-refractivity contribution in [3.63, 3.8) is 0 Å². The lowest BCUT2D eigenvalue weighted by molar-refractivity contribution is -0.516. The lowest BCUT2D eigenvalue weighted by atomic mass is 10.0. The Hall–Kier alpha value is -3.30. The number of nitrogens with zero attached hydrogens (tertiary/aromatic N) is 1. The van der Waals surface area contributed by atoms with Crippen LogP contribution in [0.2, 0.25) is 0 Å². The Morgan fingerprint density at radius 1 is 0.750 bits per heavy atom. The van der Waals surface area contributed by atoms with Crippen molar-refractivity contribution in [1.29, 1.82) is 0 Å². The van der Waals surface area contributed by atoms with Gasteiger partial charge in [-0.3, -0.25) is 4.55 Å². The maximum absolute atomic E-state index is 9.19. The Morgan fingerprint density at radius 2 is 1.19 bits per heavy atom. The molecule has 0 fully saturated rings. The van der Waals surface area contributed by atoms with E-state index >= 15 is 0 Å². The van der Waals surface area contributed by atoms with E-state index in [1.54, 1.807) is 28.4 Å². The second kappa shape index (κ2) is 9.05. The summed E-state index contributed by atoms with van der Waals surface area (Å²) in [5.41, 5.74) is 2.21. The van der Waals surface area contributed by atoms with Crippen LogP contribution in [0.3, 0.4) is 0 Å². The fraction of sp³-hybridized carbons (Fsp3) is 0.261. The summed E-state index contributed by atoms with van der Waals surface area (Å²) < 4.78 is 50.0. The summed E-state index contributed by atoms with van der Waals surface area (Å²) in [6.07, 6.45) is 2.79. The van der Waals surface area contributed by atoms with E-state index < -0.39 is 10.1 Å². The number of benzene rings is 2. The molecule has 0 saturated carbocycles. The van der Waals surface area contributed by atoms with Crippen LogP contribution in [0.15, 0.2) is 42.6 Å².